The summed E-state index contributed by atoms with van der Waals surface area (Å²) in [7, 11) is 0. The number of hydrogen-bond donors (Lipinski definition) is 1. The van der Waals surface area contributed by atoms with Crippen molar-refractivity contribution in [3.05, 3.63) is 35.4 Å². The van der Waals surface area contributed by atoms with E-state index in [1.54, 1.807) is 12.1 Å². The van der Waals surface area contributed by atoms with Gasteiger partial charge in [0.05, 0.1) is 0 Å². The smallest absolute Gasteiger partial charge is 0.263 e. The molecule has 18 heavy (non-hydrogen) atoms. The monoisotopic (exact) mass is 254 g/mol. The zero-order chi connectivity index (χ0) is 13.2. The molecule has 0 bridgehead atoms. The Kier molecular flexibility index (Phi) is 3.97. The molecule has 0 radical (unpaired) electrons. The molecule has 1 aliphatic rings. The molecule has 1 aromatic carbocycles. The minimum Gasteiger partial charge on any atom is -0.314 e. The SMILES string of the molecule is CC1(C)CNCCN1Cc1ccc(C(F)F)cc1. The van der Waals surface area contributed by atoms with Gasteiger partial charge in [-0.05, 0) is 19.4 Å². The van der Waals surface area contributed by atoms with Crippen LogP contribution in [-0.2, 0) is 6.54 Å². The summed E-state index contributed by atoms with van der Waals surface area (Å²) in [5.41, 5.74) is 1.30. The van der Waals surface area contributed by atoms with Crippen LogP contribution in [0.25, 0.3) is 0 Å². The first-order valence-electron chi connectivity index (χ1n) is 6.32. The van der Waals surface area contributed by atoms with Crippen molar-refractivity contribution in [2.75, 3.05) is 19.6 Å². The molecule has 100 valence electrons. The summed E-state index contributed by atoms with van der Waals surface area (Å²) in [6.07, 6.45) is -2.38. The maximum Gasteiger partial charge on any atom is 0.263 e. The number of piperazine rings is 1. The highest BCUT2D eigenvalue weighted by Gasteiger charge is 2.29. The number of rotatable bonds is 3. The summed E-state index contributed by atoms with van der Waals surface area (Å²) in [6.45, 7) is 8.15. The molecule has 1 aliphatic heterocycles. The van der Waals surface area contributed by atoms with Crippen molar-refractivity contribution in [1.82, 2.24) is 10.2 Å². The van der Waals surface area contributed by atoms with Gasteiger partial charge in [0.1, 0.15) is 0 Å². The molecule has 0 saturated carbocycles. The normalized spacial score (nSPS) is 20.3. The molecular formula is C14H20F2N2. The fraction of sp³-hybridized carbons (Fsp3) is 0.571. The first-order valence-corrected chi connectivity index (χ1v) is 6.32. The molecule has 0 atom stereocenters. The Morgan fingerprint density at radius 2 is 1.94 bits per heavy atom. The molecule has 2 rings (SSSR count). The van der Waals surface area contributed by atoms with Crippen LogP contribution in [0.2, 0.25) is 0 Å². The topological polar surface area (TPSA) is 15.3 Å². The van der Waals surface area contributed by atoms with E-state index in [9.17, 15) is 8.78 Å². The van der Waals surface area contributed by atoms with Crippen LogP contribution >= 0.6 is 0 Å². The Hall–Kier alpha value is -1.00. The highest BCUT2D eigenvalue weighted by atomic mass is 19.3. The lowest BCUT2D eigenvalue weighted by Crippen LogP contribution is -2.57. The van der Waals surface area contributed by atoms with Gasteiger partial charge in [0.15, 0.2) is 0 Å². The highest BCUT2D eigenvalue weighted by Crippen LogP contribution is 2.22. The lowest BCUT2D eigenvalue weighted by molar-refractivity contribution is 0.0827. The summed E-state index contributed by atoms with van der Waals surface area (Å²) < 4.78 is 24.9. The molecule has 4 heteroatoms. The second-order valence-electron chi connectivity index (χ2n) is 5.45. The Morgan fingerprint density at radius 3 is 2.50 bits per heavy atom. The Bertz CT molecular complexity index is 387. The second kappa shape index (κ2) is 5.33. The van der Waals surface area contributed by atoms with Crippen LogP contribution in [0.4, 0.5) is 8.78 Å². The van der Waals surface area contributed by atoms with Crippen LogP contribution < -0.4 is 5.32 Å². The van der Waals surface area contributed by atoms with Crippen molar-refractivity contribution < 1.29 is 8.78 Å². The van der Waals surface area contributed by atoms with Crippen molar-refractivity contribution in [2.45, 2.75) is 32.4 Å². The summed E-state index contributed by atoms with van der Waals surface area (Å²) in [5.74, 6) is 0. The minimum atomic E-state index is -2.38. The van der Waals surface area contributed by atoms with E-state index in [2.05, 4.69) is 24.1 Å². The third-order valence-corrected chi connectivity index (χ3v) is 3.58. The number of nitrogens with one attached hydrogen (secondary N) is 1. The van der Waals surface area contributed by atoms with Crippen molar-refractivity contribution in [1.29, 1.82) is 0 Å². The number of hydrogen-bond acceptors (Lipinski definition) is 2. The molecule has 1 saturated heterocycles. The average Bonchev–Trinajstić information content (AvgIpc) is 2.32. The van der Waals surface area contributed by atoms with Gasteiger partial charge in [0.2, 0.25) is 0 Å². The van der Waals surface area contributed by atoms with Gasteiger partial charge >= 0.3 is 0 Å². The molecule has 1 fully saturated rings. The molecule has 0 unspecified atom stereocenters. The van der Waals surface area contributed by atoms with E-state index in [0.29, 0.717) is 0 Å². The van der Waals surface area contributed by atoms with E-state index < -0.39 is 6.43 Å². The van der Waals surface area contributed by atoms with Gasteiger partial charge in [-0.2, -0.15) is 0 Å². The molecule has 1 N–H and O–H groups in total. The summed E-state index contributed by atoms with van der Waals surface area (Å²) in [5, 5.41) is 3.37. The van der Waals surface area contributed by atoms with Gasteiger partial charge in [-0.15, -0.1) is 0 Å². The second-order valence-corrected chi connectivity index (χ2v) is 5.45. The molecule has 0 spiro atoms. The Balaban J connectivity index is 2.04. The summed E-state index contributed by atoms with van der Waals surface area (Å²) >= 11 is 0. The third-order valence-electron chi connectivity index (χ3n) is 3.58. The molecule has 0 amide bonds. The summed E-state index contributed by atoms with van der Waals surface area (Å²) in [4.78, 5) is 2.39. The van der Waals surface area contributed by atoms with Crippen LogP contribution in [0.5, 0.6) is 0 Å². The van der Waals surface area contributed by atoms with E-state index in [4.69, 9.17) is 0 Å². The van der Waals surface area contributed by atoms with Crippen molar-refractivity contribution in [3.63, 3.8) is 0 Å². The fourth-order valence-corrected chi connectivity index (χ4v) is 2.30. The standard InChI is InChI=1S/C14H20F2N2/c1-14(2)10-17-7-8-18(14)9-11-3-5-12(6-4-11)13(15)16/h3-6,13,17H,7-10H2,1-2H3. The molecule has 0 aromatic heterocycles. The zero-order valence-corrected chi connectivity index (χ0v) is 10.9. The lowest BCUT2D eigenvalue weighted by atomic mass is 9.99. The van der Waals surface area contributed by atoms with Crippen LogP contribution in [0.1, 0.15) is 31.4 Å². The van der Waals surface area contributed by atoms with E-state index >= 15 is 0 Å². The van der Waals surface area contributed by atoms with E-state index in [-0.39, 0.29) is 11.1 Å². The first-order chi connectivity index (χ1) is 8.49. The van der Waals surface area contributed by atoms with Gasteiger partial charge < -0.3 is 5.32 Å². The predicted octanol–water partition coefficient (Wildman–Crippen LogP) is 2.81. The molecule has 1 aromatic rings. The Morgan fingerprint density at radius 1 is 1.28 bits per heavy atom. The lowest BCUT2D eigenvalue weighted by Gasteiger charge is -2.42. The predicted molar refractivity (Wildman–Crippen MR) is 68.8 cm³/mol. The van der Waals surface area contributed by atoms with Gasteiger partial charge in [-0.3, -0.25) is 4.90 Å². The van der Waals surface area contributed by atoms with Crippen molar-refractivity contribution >= 4 is 0 Å². The molecule has 0 aliphatic carbocycles. The van der Waals surface area contributed by atoms with Crippen LogP contribution in [-0.4, -0.2) is 30.1 Å². The number of benzene rings is 1. The molecular weight excluding hydrogens is 234 g/mol. The van der Waals surface area contributed by atoms with E-state index in [1.165, 1.54) is 12.1 Å². The maximum absolute atomic E-state index is 12.5. The van der Waals surface area contributed by atoms with Crippen LogP contribution in [0, 0.1) is 0 Å². The minimum absolute atomic E-state index is 0.0957. The van der Waals surface area contributed by atoms with Gasteiger partial charge in [0.25, 0.3) is 6.43 Å². The van der Waals surface area contributed by atoms with E-state index in [1.807, 2.05) is 0 Å². The quantitative estimate of drug-likeness (QED) is 0.892. The largest absolute Gasteiger partial charge is 0.314 e. The number of alkyl halides is 2. The third kappa shape index (κ3) is 3.06. The molecule has 1 heterocycles. The fourth-order valence-electron chi connectivity index (χ4n) is 2.30. The summed E-state index contributed by atoms with van der Waals surface area (Å²) in [6, 6.07) is 6.66. The maximum atomic E-state index is 12.5. The molecule has 2 nitrogen and oxygen atoms in total. The van der Waals surface area contributed by atoms with Gasteiger partial charge in [-0.25, -0.2) is 8.78 Å². The first kappa shape index (κ1) is 13.4. The van der Waals surface area contributed by atoms with E-state index in [0.717, 1.165) is 31.7 Å². The number of halogens is 2. The Labute approximate surface area is 107 Å². The average molecular weight is 254 g/mol. The number of nitrogens with zero attached hydrogens (tertiary/aromatic N) is 1. The van der Waals surface area contributed by atoms with Gasteiger partial charge in [0, 0.05) is 37.3 Å². The van der Waals surface area contributed by atoms with Crippen LogP contribution in [0.15, 0.2) is 24.3 Å². The zero-order valence-electron chi connectivity index (χ0n) is 10.9. The van der Waals surface area contributed by atoms with Crippen molar-refractivity contribution in [3.8, 4) is 0 Å². The van der Waals surface area contributed by atoms with Crippen molar-refractivity contribution in [2.24, 2.45) is 0 Å². The van der Waals surface area contributed by atoms with Crippen LogP contribution in [0.3, 0.4) is 0 Å². The highest BCUT2D eigenvalue weighted by molar-refractivity contribution is 5.23. The van der Waals surface area contributed by atoms with Gasteiger partial charge in [-0.1, -0.05) is 24.3 Å².